The Morgan fingerprint density at radius 2 is 1.80 bits per heavy atom. The molecule has 0 unspecified atom stereocenters. The van der Waals surface area contributed by atoms with E-state index >= 15 is 0 Å². The molecule has 98 valence electrons. The molecular weight excluding hydrogens is 252 g/mol. The number of pyridine rings is 1. The maximum absolute atomic E-state index is 12.3. The van der Waals surface area contributed by atoms with Crippen LogP contribution in [0, 0.1) is 0 Å². The largest absolute Gasteiger partial charge is 0.307 e. The molecule has 0 radical (unpaired) electrons. The molecule has 2 heterocycles. The van der Waals surface area contributed by atoms with Gasteiger partial charge in [0.2, 0.25) is 0 Å². The van der Waals surface area contributed by atoms with Gasteiger partial charge in [0.1, 0.15) is 5.82 Å². The standard InChI is InChI=1S/C15H12N4O/c20-15(18-14-7-10-17-19-14)13-4-2-1-3-12(13)11-5-8-16-9-6-11/h1-10H,(H2,17,18,19,20). The number of rotatable bonds is 3. The summed E-state index contributed by atoms with van der Waals surface area (Å²) >= 11 is 0. The summed E-state index contributed by atoms with van der Waals surface area (Å²) in [7, 11) is 0. The van der Waals surface area contributed by atoms with Crippen LogP contribution in [0.15, 0.2) is 61.1 Å². The van der Waals surface area contributed by atoms with Crippen LogP contribution >= 0.6 is 0 Å². The van der Waals surface area contributed by atoms with Crippen LogP contribution in [0.2, 0.25) is 0 Å². The molecule has 20 heavy (non-hydrogen) atoms. The van der Waals surface area contributed by atoms with E-state index in [1.807, 2.05) is 30.3 Å². The minimum absolute atomic E-state index is 0.179. The molecule has 0 fully saturated rings. The minimum Gasteiger partial charge on any atom is -0.307 e. The number of anilines is 1. The number of H-pyrrole nitrogens is 1. The first-order valence-corrected chi connectivity index (χ1v) is 6.15. The lowest BCUT2D eigenvalue weighted by molar-refractivity contribution is 0.102. The Bertz CT molecular complexity index is 708. The fourth-order valence-electron chi connectivity index (χ4n) is 1.98. The molecule has 5 nitrogen and oxygen atoms in total. The molecule has 0 atom stereocenters. The molecular formula is C15H12N4O. The van der Waals surface area contributed by atoms with Crippen LogP contribution in [0.4, 0.5) is 5.82 Å². The summed E-state index contributed by atoms with van der Waals surface area (Å²) in [5.74, 6) is 0.390. The molecule has 5 heteroatoms. The molecule has 2 aromatic heterocycles. The first kappa shape index (κ1) is 12.1. The number of carbonyl (C=O) groups is 1. The summed E-state index contributed by atoms with van der Waals surface area (Å²) in [5, 5.41) is 9.28. The Morgan fingerprint density at radius 3 is 2.55 bits per heavy atom. The zero-order valence-corrected chi connectivity index (χ0v) is 10.6. The maximum Gasteiger partial charge on any atom is 0.257 e. The van der Waals surface area contributed by atoms with Gasteiger partial charge in [-0.2, -0.15) is 5.10 Å². The number of hydrogen-bond donors (Lipinski definition) is 2. The Balaban J connectivity index is 1.96. The smallest absolute Gasteiger partial charge is 0.257 e. The van der Waals surface area contributed by atoms with Crippen LogP contribution in [-0.4, -0.2) is 21.1 Å². The van der Waals surface area contributed by atoms with E-state index in [9.17, 15) is 4.79 Å². The van der Waals surface area contributed by atoms with E-state index in [0.29, 0.717) is 11.4 Å². The number of nitrogens with one attached hydrogen (secondary N) is 2. The third-order valence-electron chi connectivity index (χ3n) is 2.91. The van der Waals surface area contributed by atoms with E-state index in [1.54, 1.807) is 30.7 Å². The minimum atomic E-state index is -0.179. The molecule has 0 spiro atoms. The van der Waals surface area contributed by atoms with Gasteiger partial charge >= 0.3 is 0 Å². The second-order valence-electron chi connectivity index (χ2n) is 4.21. The first-order chi connectivity index (χ1) is 9.84. The summed E-state index contributed by atoms with van der Waals surface area (Å²) < 4.78 is 0. The maximum atomic E-state index is 12.3. The monoisotopic (exact) mass is 264 g/mol. The van der Waals surface area contributed by atoms with Crippen molar-refractivity contribution in [3.8, 4) is 11.1 Å². The molecule has 1 amide bonds. The normalized spacial score (nSPS) is 10.2. The number of aromatic nitrogens is 3. The quantitative estimate of drug-likeness (QED) is 0.764. The molecule has 0 aliphatic carbocycles. The highest BCUT2D eigenvalue weighted by Crippen LogP contribution is 2.23. The number of benzene rings is 1. The highest BCUT2D eigenvalue weighted by molar-refractivity contribution is 6.08. The summed E-state index contributed by atoms with van der Waals surface area (Å²) in [6.45, 7) is 0. The van der Waals surface area contributed by atoms with Crippen molar-refractivity contribution in [2.75, 3.05) is 5.32 Å². The predicted octanol–water partition coefficient (Wildman–Crippen LogP) is 2.72. The van der Waals surface area contributed by atoms with Crippen LogP contribution in [0.5, 0.6) is 0 Å². The molecule has 3 rings (SSSR count). The van der Waals surface area contributed by atoms with E-state index in [2.05, 4.69) is 20.5 Å². The fourth-order valence-corrected chi connectivity index (χ4v) is 1.98. The molecule has 0 aliphatic rings. The Morgan fingerprint density at radius 1 is 1.00 bits per heavy atom. The molecule has 0 saturated heterocycles. The van der Waals surface area contributed by atoms with Gasteiger partial charge in [-0.1, -0.05) is 18.2 Å². The molecule has 0 saturated carbocycles. The highest BCUT2D eigenvalue weighted by atomic mass is 16.1. The lowest BCUT2D eigenvalue weighted by Crippen LogP contribution is -2.13. The number of carbonyl (C=O) groups excluding carboxylic acids is 1. The van der Waals surface area contributed by atoms with Crippen molar-refractivity contribution >= 4 is 11.7 Å². The van der Waals surface area contributed by atoms with Crippen LogP contribution in [0.1, 0.15) is 10.4 Å². The molecule has 2 N–H and O–H groups in total. The van der Waals surface area contributed by atoms with Gasteiger partial charge in [-0.3, -0.25) is 14.9 Å². The van der Waals surface area contributed by atoms with Gasteiger partial charge in [-0.15, -0.1) is 0 Å². The average Bonchev–Trinajstić information content (AvgIpc) is 3.01. The topological polar surface area (TPSA) is 70.7 Å². The second kappa shape index (κ2) is 5.36. The molecule has 0 bridgehead atoms. The number of hydrogen-bond acceptors (Lipinski definition) is 3. The molecule has 0 aliphatic heterocycles. The number of nitrogens with zero attached hydrogens (tertiary/aromatic N) is 2. The molecule has 3 aromatic rings. The lowest BCUT2D eigenvalue weighted by Gasteiger charge is -2.09. The zero-order valence-electron chi connectivity index (χ0n) is 10.6. The van der Waals surface area contributed by atoms with Gasteiger partial charge in [0.25, 0.3) is 5.91 Å². The second-order valence-corrected chi connectivity index (χ2v) is 4.21. The third-order valence-corrected chi connectivity index (χ3v) is 2.91. The van der Waals surface area contributed by atoms with E-state index < -0.39 is 0 Å². The zero-order chi connectivity index (χ0) is 13.8. The van der Waals surface area contributed by atoms with E-state index in [4.69, 9.17) is 0 Å². The summed E-state index contributed by atoms with van der Waals surface area (Å²) in [4.78, 5) is 16.3. The summed E-state index contributed by atoms with van der Waals surface area (Å²) in [6.07, 6.45) is 5.00. The van der Waals surface area contributed by atoms with Crippen molar-refractivity contribution in [3.05, 3.63) is 66.6 Å². The van der Waals surface area contributed by atoms with Crippen LogP contribution in [-0.2, 0) is 0 Å². The van der Waals surface area contributed by atoms with Gasteiger partial charge in [-0.25, -0.2) is 0 Å². The fraction of sp³-hybridized carbons (Fsp3) is 0. The Labute approximate surface area is 115 Å². The van der Waals surface area contributed by atoms with Crippen molar-refractivity contribution in [2.24, 2.45) is 0 Å². The SMILES string of the molecule is O=C(Nc1ccn[nH]1)c1ccccc1-c1ccncc1. The van der Waals surface area contributed by atoms with Crippen molar-refractivity contribution in [2.45, 2.75) is 0 Å². The molecule has 1 aromatic carbocycles. The van der Waals surface area contributed by atoms with Gasteiger partial charge in [0.05, 0.1) is 6.20 Å². The lowest BCUT2D eigenvalue weighted by atomic mass is 10.0. The van der Waals surface area contributed by atoms with Crippen molar-refractivity contribution in [3.63, 3.8) is 0 Å². The van der Waals surface area contributed by atoms with E-state index in [0.717, 1.165) is 11.1 Å². The van der Waals surface area contributed by atoms with E-state index in [-0.39, 0.29) is 5.91 Å². The Hall–Kier alpha value is -2.95. The Kier molecular flexibility index (Phi) is 3.24. The van der Waals surface area contributed by atoms with Gasteiger partial charge in [0, 0.05) is 24.0 Å². The first-order valence-electron chi connectivity index (χ1n) is 6.15. The van der Waals surface area contributed by atoms with Crippen molar-refractivity contribution in [1.29, 1.82) is 0 Å². The number of aromatic amines is 1. The highest BCUT2D eigenvalue weighted by Gasteiger charge is 2.12. The van der Waals surface area contributed by atoms with E-state index in [1.165, 1.54) is 0 Å². The average molecular weight is 264 g/mol. The van der Waals surface area contributed by atoms with Crippen molar-refractivity contribution < 1.29 is 4.79 Å². The van der Waals surface area contributed by atoms with Gasteiger partial charge in [-0.05, 0) is 29.3 Å². The van der Waals surface area contributed by atoms with Gasteiger partial charge in [0.15, 0.2) is 0 Å². The number of amides is 1. The van der Waals surface area contributed by atoms with Crippen LogP contribution in [0.25, 0.3) is 11.1 Å². The van der Waals surface area contributed by atoms with Crippen LogP contribution < -0.4 is 5.32 Å². The van der Waals surface area contributed by atoms with Crippen LogP contribution in [0.3, 0.4) is 0 Å². The predicted molar refractivity (Wildman–Crippen MR) is 76.2 cm³/mol. The van der Waals surface area contributed by atoms with Crippen molar-refractivity contribution in [1.82, 2.24) is 15.2 Å². The summed E-state index contributed by atoms with van der Waals surface area (Å²) in [6, 6.07) is 12.9. The third kappa shape index (κ3) is 2.42. The van der Waals surface area contributed by atoms with Gasteiger partial charge < -0.3 is 5.32 Å². The summed E-state index contributed by atoms with van der Waals surface area (Å²) in [5.41, 5.74) is 2.43.